The molecule has 17 heavy (non-hydrogen) atoms. The fourth-order valence-corrected chi connectivity index (χ4v) is 1.35. The van der Waals surface area contributed by atoms with Crippen molar-refractivity contribution in [2.45, 2.75) is 26.3 Å². The number of carbonyl (C=O) groups is 2. The van der Waals surface area contributed by atoms with Gasteiger partial charge < -0.3 is 10.1 Å². The van der Waals surface area contributed by atoms with E-state index in [1.54, 1.807) is 19.1 Å². The molecule has 1 heterocycles. The van der Waals surface area contributed by atoms with Gasteiger partial charge in [0.25, 0.3) is 5.91 Å². The van der Waals surface area contributed by atoms with E-state index in [1.807, 2.05) is 13.0 Å². The van der Waals surface area contributed by atoms with Gasteiger partial charge in [-0.05, 0) is 26.0 Å². The third kappa shape index (κ3) is 4.22. The Bertz CT molecular complexity index is 418. The quantitative estimate of drug-likeness (QED) is 0.794. The lowest BCUT2D eigenvalue weighted by molar-refractivity contribution is -0.141. The first-order valence-corrected chi connectivity index (χ1v) is 5.34. The number of pyridine rings is 1. The number of methoxy groups -OCH3 is 1. The summed E-state index contributed by atoms with van der Waals surface area (Å²) in [5.74, 6) is -0.639. The number of hydrogen-bond donors (Lipinski definition) is 1. The number of esters is 1. The molecule has 1 aromatic heterocycles. The Balaban J connectivity index is 2.57. The number of hydrogen-bond acceptors (Lipinski definition) is 4. The van der Waals surface area contributed by atoms with Crippen LogP contribution in [-0.2, 0) is 9.53 Å². The molecule has 0 aliphatic rings. The van der Waals surface area contributed by atoms with E-state index in [9.17, 15) is 9.59 Å². The van der Waals surface area contributed by atoms with Gasteiger partial charge in [0.05, 0.1) is 13.5 Å². The summed E-state index contributed by atoms with van der Waals surface area (Å²) in [7, 11) is 1.32. The molecule has 1 aromatic rings. The van der Waals surface area contributed by atoms with Gasteiger partial charge >= 0.3 is 5.97 Å². The minimum atomic E-state index is -0.352. The van der Waals surface area contributed by atoms with Crippen molar-refractivity contribution in [3.63, 3.8) is 0 Å². The fourth-order valence-electron chi connectivity index (χ4n) is 1.35. The number of aromatic nitrogens is 1. The Morgan fingerprint density at radius 2 is 2.18 bits per heavy atom. The normalized spacial score (nSPS) is 11.7. The Labute approximate surface area is 100 Å². The predicted molar refractivity (Wildman–Crippen MR) is 62.5 cm³/mol. The minimum absolute atomic E-state index is 0.147. The molecular formula is C12H16N2O3. The lowest BCUT2D eigenvalue weighted by Crippen LogP contribution is -2.35. The maximum Gasteiger partial charge on any atom is 0.307 e. The van der Waals surface area contributed by atoms with Crippen LogP contribution in [0.3, 0.4) is 0 Å². The Kier molecular flexibility index (Phi) is 4.63. The number of nitrogens with zero attached hydrogens (tertiary/aromatic N) is 1. The van der Waals surface area contributed by atoms with E-state index < -0.39 is 0 Å². The van der Waals surface area contributed by atoms with Crippen molar-refractivity contribution in [2.24, 2.45) is 0 Å². The first kappa shape index (κ1) is 13.2. The fraction of sp³-hybridized carbons (Fsp3) is 0.417. The molecule has 0 bridgehead atoms. The number of ether oxygens (including phenoxy) is 1. The van der Waals surface area contributed by atoms with Crippen molar-refractivity contribution in [2.75, 3.05) is 7.11 Å². The van der Waals surface area contributed by atoms with E-state index in [-0.39, 0.29) is 24.3 Å². The van der Waals surface area contributed by atoms with E-state index in [4.69, 9.17) is 0 Å². The highest BCUT2D eigenvalue weighted by Gasteiger charge is 2.14. The average molecular weight is 236 g/mol. The molecule has 0 aliphatic heterocycles. The van der Waals surface area contributed by atoms with Crippen molar-refractivity contribution >= 4 is 11.9 Å². The van der Waals surface area contributed by atoms with Gasteiger partial charge in [-0.1, -0.05) is 6.07 Å². The van der Waals surface area contributed by atoms with Crippen LogP contribution in [0.4, 0.5) is 0 Å². The number of nitrogens with one attached hydrogen (secondary N) is 1. The maximum absolute atomic E-state index is 11.8. The van der Waals surface area contributed by atoms with Crippen molar-refractivity contribution in [1.29, 1.82) is 0 Å². The Morgan fingerprint density at radius 3 is 2.76 bits per heavy atom. The Hall–Kier alpha value is -1.91. The summed E-state index contributed by atoms with van der Waals surface area (Å²) < 4.78 is 4.52. The second-order valence-corrected chi connectivity index (χ2v) is 3.82. The molecule has 0 aromatic carbocycles. The molecule has 0 aliphatic carbocycles. The van der Waals surface area contributed by atoms with Crippen LogP contribution in [0.25, 0.3) is 0 Å². The first-order chi connectivity index (χ1) is 8.02. The van der Waals surface area contributed by atoms with Gasteiger partial charge in [0.1, 0.15) is 5.69 Å². The van der Waals surface area contributed by atoms with E-state index >= 15 is 0 Å². The van der Waals surface area contributed by atoms with Crippen LogP contribution in [0, 0.1) is 6.92 Å². The van der Waals surface area contributed by atoms with Gasteiger partial charge in [0.2, 0.25) is 0 Å². The van der Waals surface area contributed by atoms with E-state index in [0.717, 1.165) is 5.69 Å². The molecular weight excluding hydrogens is 220 g/mol. The van der Waals surface area contributed by atoms with Gasteiger partial charge in [0.15, 0.2) is 0 Å². The Morgan fingerprint density at radius 1 is 1.47 bits per heavy atom. The summed E-state index contributed by atoms with van der Waals surface area (Å²) in [5, 5.41) is 2.69. The van der Waals surface area contributed by atoms with E-state index in [1.165, 1.54) is 7.11 Å². The molecule has 0 fully saturated rings. The highest BCUT2D eigenvalue weighted by molar-refractivity contribution is 5.92. The maximum atomic E-state index is 11.8. The monoisotopic (exact) mass is 236 g/mol. The molecule has 1 rings (SSSR count). The van der Waals surface area contributed by atoms with Crippen LogP contribution in [0.15, 0.2) is 18.2 Å². The SMILES string of the molecule is COC(=O)CC(C)NC(=O)c1cccc(C)n1. The summed E-state index contributed by atoms with van der Waals surface area (Å²) in [6, 6.07) is 4.93. The van der Waals surface area contributed by atoms with Gasteiger partial charge in [-0.2, -0.15) is 0 Å². The van der Waals surface area contributed by atoms with Gasteiger partial charge in [-0.15, -0.1) is 0 Å². The van der Waals surface area contributed by atoms with Crippen molar-refractivity contribution in [3.8, 4) is 0 Å². The van der Waals surface area contributed by atoms with Crippen LogP contribution in [0.2, 0.25) is 0 Å². The van der Waals surface area contributed by atoms with Crippen LogP contribution in [0.5, 0.6) is 0 Å². The van der Waals surface area contributed by atoms with Crippen molar-refractivity contribution < 1.29 is 14.3 Å². The summed E-state index contributed by atoms with van der Waals surface area (Å²) in [5.41, 5.74) is 1.12. The zero-order valence-electron chi connectivity index (χ0n) is 10.2. The molecule has 1 atom stereocenters. The zero-order valence-corrected chi connectivity index (χ0v) is 10.2. The van der Waals surface area contributed by atoms with E-state index in [2.05, 4.69) is 15.0 Å². The van der Waals surface area contributed by atoms with Gasteiger partial charge in [0, 0.05) is 11.7 Å². The predicted octanol–water partition coefficient (Wildman–Crippen LogP) is 1.07. The summed E-state index contributed by atoms with van der Waals surface area (Å²) in [4.78, 5) is 26.9. The van der Waals surface area contributed by atoms with Crippen molar-refractivity contribution in [3.05, 3.63) is 29.6 Å². The number of aryl methyl sites for hydroxylation is 1. The van der Waals surface area contributed by atoms with Crippen LogP contribution < -0.4 is 5.32 Å². The zero-order chi connectivity index (χ0) is 12.8. The summed E-state index contributed by atoms with van der Waals surface area (Å²) in [6.07, 6.45) is 0.147. The summed E-state index contributed by atoms with van der Waals surface area (Å²) in [6.45, 7) is 3.55. The minimum Gasteiger partial charge on any atom is -0.469 e. The molecule has 1 amide bonds. The molecule has 0 saturated heterocycles. The molecule has 5 heteroatoms. The molecule has 5 nitrogen and oxygen atoms in total. The van der Waals surface area contributed by atoms with Gasteiger partial charge in [-0.3, -0.25) is 9.59 Å². The average Bonchev–Trinajstić information content (AvgIpc) is 2.28. The molecule has 1 N–H and O–H groups in total. The standard InChI is InChI=1S/C12H16N2O3/c1-8-5-4-6-10(13-8)12(16)14-9(2)7-11(15)17-3/h4-6,9H,7H2,1-3H3,(H,14,16). The lowest BCUT2D eigenvalue weighted by atomic mass is 10.2. The third-order valence-electron chi connectivity index (χ3n) is 2.20. The highest BCUT2D eigenvalue weighted by atomic mass is 16.5. The molecule has 0 saturated carbocycles. The van der Waals surface area contributed by atoms with Gasteiger partial charge in [-0.25, -0.2) is 4.98 Å². The second kappa shape index (κ2) is 5.98. The summed E-state index contributed by atoms with van der Waals surface area (Å²) >= 11 is 0. The number of carbonyl (C=O) groups excluding carboxylic acids is 2. The smallest absolute Gasteiger partial charge is 0.307 e. The largest absolute Gasteiger partial charge is 0.469 e. The van der Waals surface area contributed by atoms with E-state index in [0.29, 0.717) is 5.69 Å². The van der Waals surface area contributed by atoms with Crippen molar-refractivity contribution in [1.82, 2.24) is 10.3 Å². The van der Waals surface area contributed by atoms with Crippen LogP contribution >= 0.6 is 0 Å². The lowest BCUT2D eigenvalue weighted by Gasteiger charge is -2.12. The highest BCUT2D eigenvalue weighted by Crippen LogP contribution is 2.00. The third-order valence-corrected chi connectivity index (χ3v) is 2.20. The molecule has 0 radical (unpaired) electrons. The topological polar surface area (TPSA) is 68.3 Å². The molecule has 92 valence electrons. The molecule has 0 spiro atoms. The number of amides is 1. The second-order valence-electron chi connectivity index (χ2n) is 3.82. The molecule has 1 unspecified atom stereocenters. The first-order valence-electron chi connectivity index (χ1n) is 5.34. The number of rotatable bonds is 4. The van der Waals surface area contributed by atoms with Crippen LogP contribution in [0.1, 0.15) is 29.5 Å². The van der Waals surface area contributed by atoms with Crippen LogP contribution in [-0.4, -0.2) is 30.0 Å².